The van der Waals surface area contributed by atoms with Crippen LogP contribution in [0, 0.1) is 10.1 Å². The normalized spacial score (nSPS) is 18.3. The number of hydrogen-bond donors (Lipinski definition) is 2. The van der Waals surface area contributed by atoms with Crippen LogP contribution in [0.4, 0.5) is 11.5 Å². The molecule has 0 unspecified atom stereocenters. The molecule has 2 N–H and O–H groups in total. The quantitative estimate of drug-likeness (QED) is 0.612. The second kappa shape index (κ2) is 5.28. The van der Waals surface area contributed by atoms with Crippen LogP contribution in [-0.4, -0.2) is 40.4 Å². The van der Waals surface area contributed by atoms with Crippen LogP contribution in [-0.2, 0) is 4.74 Å². The van der Waals surface area contributed by atoms with E-state index in [1.807, 2.05) is 0 Å². The number of nitro groups is 1. The van der Waals surface area contributed by atoms with E-state index in [1.54, 1.807) is 0 Å². The van der Waals surface area contributed by atoms with Crippen LogP contribution in [0.3, 0.4) is 0 Å². The molecule has 1 aromatic heterocycles. The standard InChI is InChI=1S/C11H15N3O4/c15-11(2-5-18-6-3-11)8-13-10-7-9(14(16)17)1-4-12-10/h1,4,7,15H,2-3,5-6,8H2,(H,12,13). The van der Waals surface area contributed by atoms with Gasteiger partial charge >= 0.3 is 0 Å². The second-order valence-corrected chi connectivity index (χ2v) is 4.35. The number of aliphatic hydroxyl groups is 1. The Labute approximate surface area is 104 Å². The summed E-state index contributed by atoms with van der Waals surface area (Å²) in [7, 11) is 0. The third-order valence-corrected chi connectivity index (χ3v) is 2.98. The Morgan fingerprint density at radius 2 is 2.28 bits per heavy atom. The summed E-state index contributed by atoms with van der Waals surface area (Å²) in [6.45, 7) is 1.37. The van der Waals surface area contributed by atoms with E-state index in [2.05, 4.69) is 10.3 Å². The van der Waals surface area contributed by atoms with Crippen molar-refractivity contribution in [2.45, 2.75) is 18.4 Å². The van der Waals surface area contributed by atoms with Gasteiger partial charge in [0.1, 0.15) is 5.82 Å². The lowest BCUT2D eigenvalue weighted by molar-refractivity contribution is -0.384. The van der Waals surface area contributed by atoms with Crippen molar-refractivity contribution in [3.63, 3.8) is 0 Å². The first-order valence-electron chi connectivity index (χ1n) is 5.74. The van der Waals surface area contributed by atoms with Crippen LogP contribution in [0.25, 0.3) is 0 Å². The van der Waals surface area contributed by atoms with Gasteiger partial charge in [-0.3, -0.25) is 10.1 Å². The van der Waals surface area contributed by atoms with E-state index in [4.69, 9.17) is 4.74 Å². The van der Waals surface area contributed by atoms with Crippen molar-refractivity contribution in [1.29, 1.82) is 0 Å². The lowest BCUT2D eigenvalue weighted by Gasteiger charge is -2.32. The number of nitrogens with one attached hydrogen (secondary N) is 1. The third kappa shape index (κ3) is 3.14. The van der Waals surface area contributed by atoms with Gasteiger partial charge < -0.3 is 15.2 Å². The molecular formula is C11H15N3O4. The molecule has 0 aromatic carbocycles. The first-order chi connectivity index (χ1) is 8.59. The van der Waals surface area contributed by atoms with Crippen molar-refractivity contribution >= 4 is 11.5 Å². The minimum absolute atomic E-state index is 0.0218. The summed E-state index contributed by atoms with van der Waals surface area (Å²) in [5, 5.41) is 23.7. The van der Waals surface area contributed by atoms with Gasteiger partial charge in [-0.25, -0.2) is 4.98 Å². The highest BCUT2D eigenvalue weighted by Crippen LogP contribution is 2.21. The number of pyridine rings is 1. The van der Waals surface area contributed by atoms with Crippen LogP contribution in [0.1, 0.15) is 12.8 Å². The smallest absolute Gasteiger partial charge is 0.274 e. The van der Waals surface area contributed by atoms with Gasteiger partial charge in [-0.1, -0.05) is 0 Å². The Balaban J connectivity index is 1.97. The summed E-state index contributed by atoms with van der Waals surface area (Å²) in [6.07, 6.45) is 2.47. The summed E-state index contributed by atoms with van der Waals surface area (Å²) < 4.78 is 5.17. The minimum Gasteiger partial charge on any atom is -0.388 e. The second-order valence-electron chi connectivity index (χ2n) is 4.35. The molecule has 0 aliphatic carbocycles. The van der Waals surface area contributed by atoms with E-state index in [1.165, 1.54) is 18.3 Å². The molecule has 0 amide bonds. The molecular weight excluding hydrogens is 238 g/mol. The number of anilines is 1. The molecule has 7 heteroatoms. The predicted octanol–water partition coefficient (Wildman–Crippen LogP) is 0.943. The first-order valence-corrected chi connectivity index (χ1v) is 5.74. The molecule has 0 saturated carbocycles. The first kappa shape index (κ1) is 12.7. The molecule has 1 aliphatic heterocycles. The van der Waals surface area contributed by atoms with Gasteiger partial charge in [-0.2, -0.15) is 0 Å². The molecule has 98 valence electrons. The van der Waals surface area contributed by atoms with Crippen molar-refractivity contribution in [3.8, 4) is 0 Å². The third-order valence-electron chi connectivity index (χ3n) is 2.98. The molecule has 0 bridgehead atoms. The van der Waals surface area contributed by atoms with E-state index in [-0.39, 0.29) is 5.69 Å². The summed E-state index contributed by atoms with van der Waals surface area (Å²) in [6, 6.07) is 2.68. The van der Waals surface area contributed by atoms with Gasteiger partial charge in [0.2, 0.25) is 0 Å². The molecule has 0 atom stereocenters. The summed E-state index contributed by atoms with van der Waals surface area (Å²) in [5.74, 6) is 0.393. The van der Waals surface area contributed by atoms with Crippen LogP contribution in [0.15, 0.2) is 18.3 Å². The molecule has 1 saturated heterocycles. The molecule has 0 spiro atoms. The van der Waals surface area contributed by atoms with Gasteiger partial charge in [0.05, 0.1) is 16.6 Å². The number of aromatic nitrogens is 1. The van der Waals surface area contributed by atoms with Gasteiger partial charge in [0, 0.05) is 44.9 Å². The Kier molecular flexibility index (Phi) is 3.73. The van der Waals surface area contributed by atoms with Crippen LogP contribution < -0.4 is 5.32 Å². The lowest BCUT2D eigenvalue weighted by Crippen LogP contribution is -2.42. The van der Waals surface area contributed by atoms with Crippen molar-refractivity contribution < 1.29 is 14.8 Å². The topological polar surface area (TPSA) is 97.5 Å². The molecule has 2 rings (SSSR count). The van der Waals surface area contributed by atoms with E-state index in [0.717, 1.165) is 0 Å². The van der Waals surface area contributed by atoms with Gasteiger partial charge in [-0.05, 0) is 0 Å². The molecule has 1 aromatic rings. The summed E-state index contributed by atoms with van der Waals surface area (Å²) in [5.41, 5.74) is -0.851. The van der Waals surface area contributed by atoms with Gasteiger partial charge in [-0.15, -0.1) is 0 Å². The zero-order valence-electron chi connectivity index (χ0n) is 9.83. The maximum Gasteiger partial charge on any atom is 0.274 e. The number of nitrogens with zero attached hydrogens (tertiary/aromatic N) is 2. The number of ether oxygens (including phenoxy) is 1. The lowest BCUT2D eigenvalue weighted by atomic mass is 9.94. The largest absolute Gasteiger partial charge is 0.388 e. The molecule has 0 radical (unpaired) electrons. The predicted molar refractivity (Wildman–Crippen MR) is 64.4 cm³/mol. The van der Waals surface area contributed by atoms with Crippen molar-refractivity contribution in [3.05, 3.63) is 28.4 Å². The zero-order chi connectivity index (χ0) is 13.0. The van der Waals surface area contributed by atoms with E-state index in [9.17, 15) is 15.2 Å². The maximum absolute atomic E-state index is 10.6. The van der Waals surface area contributed by atoms with Crippen molar-refractivity contribution in [1.82, 2.24) is 4.98 Å². The van der Waals surface area contributed by atoms with Gasteiger partial charge in [0.25, 0.3) is 5.69 Å². The SMILES string of the molecule is O=[N+]([O-])c1ccnc(NCC2(O)CCOCC2)c1. The zero-order valence-corrected chi connectivity index (χ0v) is 9.83. The Hall–Kier alpha value is -1.73. The average Bonchev–Trinajstić information content (AvgIpc) is 2.38. The minimum atomic E-state index is -0.829. The Bertz CT molecular complexity index is 432. The number of hydrogen-bond acceptors (Lipinski definition) is 6. The molecule has 7 nitrogen and oxygen atoms in total. The molecule has 1 aliphatic rings. The molecule has 18 heavy (non-hydrogen) atoms. The maximum atomic E-state index is 10.6. The van der Waals surface area contributed by atoms with E-state index >= 15 is 0 Å². The highest BCUT2D eigenvalue weighted by molar-refractivity contribution is 5.44. The van der Waals surface area contributed by atoms with Crippen molar-refractivity contribution in [2.24, 2.45) is 0 Å². The molecule has 1 fully saturated rings. The molecule has 2 heterocycles. The van der Waals surface area contributed by atoms with Crippen LogP contribution in [0.2, 0.25) is 0 Å². The fourth-order valence-electron chi connectivity index (χ4n) is 1.81. The summed E-state index contributed by atoms with van der Waals surface area (Å²) in [4.78, 5) is 14.1. The fourth-order valence-corrected chi connectivity index (χ4v) is 1.81. The monoisotopic (exact) mass is 253 g/mol. The Morgan fingerprint density at radius 3 is 2.94 bits per heavy atom. The highest BCUT2D eigenvalue weighted by Gasteiger charge is 2.29. The van der Waals surface area contributed by atoms with Crippen molar-refractivity contribution in [2.75, 3.05) is 25.1 Å². The average molecular weight is 253 g/mol. The summed E-state index contributed by atoms with van der Waals surface area (Å²) >= 11 is 0. The van der Waals surface area contributed by atoms with Crippen LogP contribution in [0.5, 0.6) is 0 Å². The van der Waals surface area contributed by atoms with Gasteiger partial charge in [0.15, 0.2) is 0 Å². The Morgan fingerprint density at radius 1 is 1.56 bits per heavy atom. The van der Waals surface area contributed by atoms with E-state index in [0.29, 0.717) is 38.4 Å². The van der Waals surface area contributed by atoms with E-state index < -0.39 is 10.5 Å². The fraction of sp³-hybridized carbons (Fsp3) is 0.545. The number of rotatable bonds is 4. The highest BCUT2D eigenvalue weighted by atomic mass is 16.6. The van der Waals surface area contributed by atoms with Crippen LogP contribution >= 0.6 is 0 Å².